The van der Waals surface area contributed by atoms with Gasteiger partial charge in [0.25, 0.3) is 0 Å². The molecule has 0 aromatic rings. The molecule has 1 aliphatic rings. The van der Waals surface area contributed by atoms with Gasteiger partial charge in [-0.2, -0.15) is 0 Å². The standard InChI is InChI=1S/C10H16N4O5/c11-2-7(16)13-8(17)3-12-9(18)5-14-4-6(15)1-10(14)19/h6,15H,1-5,11H2,(H,12,18)(H,13,16,17). The van der Waals surface area contributed by atoms with Crippen LogP contribution in [0.1, 0.15) is 6.42 Å². The van der Waals surface area contributed by atoms with Crippen molar-refractivity contribution in [2.75, 3.05) is 26.2 Å². The summed E-state index contributed by atoms with van der Waals surface area (Å²) in [4.78, 5) is 45.8. The van der Waals surface area contributed by atoms with E-state index >= 15 is 0 Å². The van der Waals surface area contributed by atoms with Gasteiger partial charge < -0.3 is 21.1 Å². The summed E-state index contributed by atoms with van der Waals surface area (Å²) in [6, 6.07) is 0. The minimum atomic E-state index is -0.759. The molecule has 0 bridgehead atoms. The Balaban J connectivity index is 2.26. The number of hydrogen-bond acceptors (Lipinski definition) is 6. The number of carbonyl (C=O) groups excluding carboxylic acids is 4. The zero-order valence-corrected chi connectivity index (χ0v) is 10.2. The molecule has 1 fully saturated rings. The first-order valence-corrected chi connectivity index (χ1v) is 5.67. The van der Waals surface area contributed by atoms with Crippen LogP contribution in [-0.2, 0) is 19.2 Å². The second-order valence-electron chi connectivity index (χ2n) is 4.08. The zero-order chi connectivity index (χ0) is 14.4. The van der Waals surface area contributed by atoms with E-state index in [4.69, 9.17) is 5.73 Å². The predicted octanol–water partition coefficient (Wildman–Crippen LogP) is -3.70. The Morgan fingerprint density at radius 2 is 2.00 bits per heavy atom. The van der Waals surface area contributed by atoms with Crippen molar-refractivity contribution in [2.24, 2.45) is 5.73 Å². The van der Waals surface area contributed by atoms with E-state index in [1.807, 2.05) is 5.32 Å². The maximum absolute atomic E-state index is 11.4. The number of β-amino-alcohol motifs (C(OH)–C–C–N with tert-alkyl or cyclic N) is 1. The van der Waals surface area contributed by atoms with Gasteiger partial charge in [-0.25, -0.2) is 0 Å². The van der Waals surface area contributed by atoms with Crippen molar-refractivity contribution in [2.45, 2.75) is 12.5 Å². The highest BCUT2D eigenvalue weighted by Gasteiger charge is 2.29. The number of nitrogens with two attached hydrogens (primary N) is 1. The normalized spacial score (nSPS) is 18.3. The summed E-state index contributed by atoms with van der Waals surface area (Å²) in [7, 11) is 0. The van der Waals surface area contributed by atoms with Crippen LogP contribution in [0.2, 0.25) is 0 Å². The largest absolute Gasteiger partial charge is 0.391 e. The van der Waals surface area contributed by atoms with Crippen molar-refractivity contribution in [3.05, 3.63) is 0 Å². The van der Waals surface area contributed by atoms with Gasteiger partial charge in [-0.3, -0.25) is 24.5 Å². The average Bonchev–Trinajstić information content (AvgIpc) is 2.65. The van der Waals surface area contributed by atoms with Crippen molar-refractivity contribution in [3.8, 4) is 0 Å². The lowest BCUT2D eigenvalue weighted by molar-refractivity contribution is -0.134. The first kappa shape index (κ1) is 15.1. The first-order valence-electron chi connectivity index (χ1n) is 5.67. The highest BCUT2D eigenvalue weighted by Crippen LogP contribution is 2.09. The molecule has 0 aliphatic carbocycles. The first-order chi connectivity index (χ1) is 8.92. The van der Waals surface area contributed by atoms with Crippen LogP contribution < -0.4 is 16.4 Å². The van der Waals surface area contributed by atoms with Crippen LogP contribution in [-0.4, -0.2) is 65.9 Å². The number of nitrogens with one attached hydrogen (secondary N) is 2. The van der Waals surface area contributed by atoms with Crippen LogP contribution in [0.25, 0.3) is 0 Å². The number of hydrogen-bond donors (Lipinski definition) is 4. The minimum Gasteiger partial charge on any atom is -0.391 e. The van der Waals surface area contributed by atoms with Crippen LogP contribution >= 0.6 is 0 Å². The van der Waals surface area contributed by atoms with Crippen molar-refractivity contribution in [1.82, 2.24) is 15.5 Å². The summed E-state index contributed by atoms with van der Waals surface area (Å²) in [6.07, 6.45) is -0.760. The third-order valence-corrected chi connectivity index (χ3v) is 2.44. The monoisotopic (exact) mass is 272 g/mol. The lowest BCUT2D eigenvalue weighted by atomic mass is 10.3. The van der Waals surface area contributed by atoms with Gasteiger partial charge >= 0.3 is 0 Å². The van der Waals surface area contributed by atoms with Crippen LogP contribution in [0.3, 0.4) is 0 Å². The molecular weight excluding hydrogens is 256 g/mol. The minimum absolute atomic E-state index is 0.00122. The average molecular weight is 272 g/mol. The van der Waals surface area contributed by atoms with Crippen LogP contribution in [0.5, 0.6) is 0 Å². The Morgan fingerprint density at radius 1 is 1.32 bits per heavy atom. The van der Waals surface area contributed by atoms with Crippen molar-refractivity contribution in [3.63, 3.8) is 0 Å². The van der Waals surface area contributed by atoms with Gasteiger partial charge in [0.1, 0.15) is 0 Å². The van der Waals surface area contributed by atoms with E-state index in [-0.39, 0.29) is 38.5 Å². The quantitative estimate of drug-likeness (QED) is 0.406. The molecule has 106 valence electrons. The number of nitrogens with zero attached hydrogens (tertiary/aromatic N) is 1. The summed E-state index contributed by atoms with van der Waals surface area (Å²) >= 11 is 0. The van der Waals surface area contributed by atoms with Gasteiger partial charge in [-0.15, -0.1) is 0 Å². The third kappa shape index (κ3) is 5.02. The molecule has 4 amide bonds. The summed E-state index contributed by atoms with van der Waals surface area (Å²) in [5, 5.41) is 13.4. The lowest BCUT2D eigenvalue weighted by Crippen LogP contribution is -2.45. The molecular formula is C10H16N4O5. The lowest BCUT2D eigenvalue weighted by Gasteiger charge is -2.14. The van der Waals surface area contributed by atoms with E-state index in [0.29, 0.717) is 0 Å². The van der Waals surface area contributed by atoms with Crippen molar-refractivity contribution >= 4 is 23.6 Å². The molecule has 1 heterocycles. The Labute approximate surface area is 109 Å². The number of imide groups is 1. The van der Waals surface area contributed by atoms with E-state index in [1.54, 1.807) is 0 Å². The van der Waals surface area contributed by atoms with Crippen LogP contribution in [0.15, 0.2) is 0 Å². The number of aliphatic hydroxyl groups is 1. The highest BCUT2D eigenvalue weighted by molar-refractivity contribution is 5.98. The van der Waals surface area contributed by atoms with E-state index in [1.165, 1.54) is 4.90 Å². The van der Waals surface area contributed by atoms with Gasteiger partial charge in [0.15, 0.2) is 0 Å². The molecule has 1 unspecified atom stereocenters. The Bertz CT molecular complexity index is 397. The summed E-state index contributed by atoms with van der Waals surface area (Å²) in [5.74, 6) is -2.18. The summed E-state index contributed by atoms with van der Waals surface area (Å²) in [5.41, 5.74) is 4.99. The van der Waals surface area contributed by atoms with Crippen molar-refractivity contribution in [1.29, 1.82) is 0 Å². The molecule has 9 nitrogen and oxygen atoms in total. The smallest absolute Gasteiger partial charge is 0.245 e. The SMILES string of the molecule is NCC(=O)NC(=O)CNC(=O)CN1CC(O)CC1=O. The number of rotatable bonds is 5. The molecule has 5 N–H and O–H groups in total. The maximum atomic E-state index is 11.4. The van der Waals surface area contributed by atoms with Crippen molar-refractivity contribution < 1.29 is 24.3 Å². The number of aliphatic hydroxyl groups excluding tert-OH is 1. The molecule has 0 aromatic carbocycles. The van der Waals surface area contributed by atoms with Crippen LogP contribution in [0, 0.1) is 0 Å². The zero-order valence-electron chi connectivity index (χ0n) is 10.2. The van der Waals surface area contributed by atoms with E-state index in [2.05, 4.69) is 5.32 Å². The summed E-state index contributed by atoms with van der Waals surface area (Å²) in [6.45, 7) is -0.826. The fraction of sp³-hybridized carbons (Fsp3) is 0.600. The van der Waals surface area contributed by atoms with E-state index in [9.17, 15) is 24.3 Å². The predicted molar refractivity (Wildman–Crippen MR) is 62.4 cm³/mol. The van der Waals surface area contributed by atoms with Gasteiger partial charge in [0.05, 0.1) is 32.2 Å². The highest BCUT2D eigenvalue weighted by atomic mass is 16.3. The fourth-order valence-electron chi connectivity index (χ4n) is 1.56. The topological polar surface area (TPSA) is 142 Å². The fourth-order valence-corrected chi connectivity index (χ4v) is 1.56. The molecule has 1 rings (SSSR count). The molecule has 19 heavy (non-hydrogen) atoms. The number of likely N-dealkylation sites (tertiary alicyclic amines) is 1. The molecule has 9 heteroatoms. The van der Waals surface area contributed by atoms with E-state index < -0.39 is 23.8 Å². The second kappa shape index (κ2) is 6.81. The Hall–Kier alpha value is -2.00. The molecule has 0 spiro atoms. The van der Waals surface area contributed by atoms with Gasteiger partial charge in [0.2, 0.25) is 23.6 Å². The molecule has 0 radical (unpaired) electrons. The Morgan fingerprint density at radius 3 is 2.53 bits per heavy atom. The molecule has 1 saturated heterocycles. The molecule has 1 aliphatic heterocycles. The van der Waals surface area contributed by atoms with Gasteiger partial charge in [0, 0.05) is 6.54 Å². The van der Waals surface area contributed by atoms with E-state index in [0.717, 1.165) is 0 Å². The van der Waals surface area contributed by atoms with Gasteiger partial charge in [-0.1, -0.05) is 0 Å². The second-order valence-corrected chi connectivity index (χ2v) is 4.08. The molecule has 0 saturated carbocycles. The molecule has 0 aromatic heterocycles. The van der Waals surface area contributed by atoms with Crippen LogP contribution in [0.4, 0.5) is 0 Å². The Kier molecular flexibility index (Phi) is 5.39. The summed E-state index contributed by atoms with van der Waals surface area (Å²) < 4.78 is 0. The number of carbonyl (C=O) groups is 4. The van der Waals surface area contributed by atoms with Gasteiger partial charge in [-0.05, 0) is 0 Å². The maximum Gasteiger partial charge on any atom is 0.245 e. The third-order valence-electron chi connectivity index (χ3n) is 2.44. The number of amides is 4. The molecule has 1 atom stereocenters.